The first-order chi connectivity index (χ1) is 11.1. The minimum Gasteiger partial charge on any atom is -0.447 e. The largest absolute Gasteiger partial charge is 0.447 e. The maximum atomic E-state index is 12.3. The van der Waals surface area contributed by atoms with Gasteiger partial charge in [-0.1, -0.05) is 46.3 Å². The monoisotopic (exact) mass is 371 g/mol. The van der Waals surface area contributed by atoms with Crippen LogP contribution in [0.25, 0.3) is 6.08 Å². The molecule has 0 bridgehead atoms. The third-order valence-corrected chi connectivity index (χ3v) is 3.97. The van der Waals surface area contributed by atoms with E-state index in [1.807, 2.05) is 24.3 Å². The number of carbonyl (C=O) groups excluding carboxylic acids is 2. The molecule has 0 atom stereocenters. The lowest BCUT2D eigenvalue weighted by molar-refractivity contribution is 0.104. The number of hydrogen-bond acceptors (Lipinski definition) is 3. The van der Waals surface area contributed by atoms with Crippen LogP contribution in [0, 0.1) is 0 Å². The molecule has 1 aliphatic rings. The number of rotatable bonds is 4. The van der Waals surface area contributed by atoms with E-state index >= 15 is 0 Å². The lowest BCUT2D eigenvalue weighted by Gasteiger charge is -2.13. The van der Waals surface area contributed by atoms with Crippen molar-refractivity contribution < 1.29 is 14.3 Å². The van der Waals surface area contributed by atoms with Crippen molar-refractivity contribution in [1.29, 1.82) is 0 Å². The van der Waals surface area contributed by atoms with E-state index in [2.05, 4.69) is 15.9 Å². The molecule has 5 heteroatoms. The highest BCUT2D eigenvalue weighted by atomic mass is 79.9. The second kappa shape index (κ2) is 6.79. The second-order valence-corrected chi connectivity index (χ2v) is 5.98. The van der Waals surface area contributed by atoms with Crippen molar-refractivity contribution >= 4 is 39.6 Å². The van der Waals surface area contributed by atoms with E-state index in [-0.39, 0.29) is 11.9 Å². The van der Waals surface area contributed by atoms with Gasteiger partial charge in [-0.3, -0.25) is 9.69 Å². The Morgan fingerprint density at radius 2 is 2.00 bits per heavy atom. The maximum absolute atomic E-state index is 12.3. The summed E-state index contributed by atoms with van der Waals surface area (Å²) >= 11 is 3.40. The van der Waals surface area contributed by atoms with Gasteiger partial charge in [-0.2, -0.15) is 0 Å². The summed E-state index contributed by atoms with van der Waals surface area (Å²) in [6, 6.07) is 14.7. The molecular weight excluding hydrogens is 358 g/mol. The van der Waals surface area contributed by atoms with Gasteiger partial charge in [-0.15, -0.1) is 0 Å². The number of cyclic esters (lactones) is 1. The van der Waals surface area contributed by atoms with E-state index < -0.39 is 0 Å². The fourth-order valence-corrected chi connectivity index (χ4v) is 2.75. The van der Waals surface area contributed by atoms with Crippen LogP contribution < -0.4 is 4.90 Å². The Balaban J connectivity index is 1.78. The summed E-state index contributed by atoms with van der Waals surface area (Å²) in [7, 11) is 0. The van der Waals surface area contributed by atoms with Gasteiger partial charge in [0.15, 0.2) is 5.78 Å². The van der Waals surface area contributed by atoms with Crippen LogP contribution in [-0.2, 0) is 4.74 Å². The van der Waals surface area contributed by atoms with E-state index in [1.165, 1.54) is 11.0 Å². The van der Waals surface area contributed by atoms with Crippen molar-refractivity contribution in [2.75, 3.05) is 18.1 Å². The van der Waals surface area contributed by atoms with Crippen LogP contribution in [0.5, 0.6) is 0 Å². The van der Waals surface area contributed by atoms with Gasteiger partial charge in [0.1, 0.15) is 6.61 Å². The minimum atomic E-state index is -0.376. The molecule has 1 aliphatic heterocycles. The molecule has 0 saturated carbocycles. The highest BCUT2D eigenvalue weighted by Crippen LogP contribution is 2.20. The first-order valence-corrected chi connectivity index (χ1v) is 7.95. The number of benzene rings is 2. The molecule has 1 saturated heterocycles. The predicted molar refractivity (Wildman–Crippen MR) is 92.6 cm³/mol. The topological polar surface area (TPSA) is 46.6 Å². The van der Waals surface area contributed by atoms with Crippen molar-refractivity contribution in [3.63, 3.8) is 0 Å². The van der Waals surface area contributed by atoms with Gasteiger partial charge in [0, 0.05) is 15.7 Å². The smallest absolute Gasteiger partial charge is 0.414 e. The van der Waals surface area contributed by atoms with Crippen LogP contribution in [0.4, 0.5) is 10.5 Å². The molecule has 2 aromatic rings. The number of nitrogens with zero attached hydrogens (tertiary/aromatic N) is 1. The summed E-state index contributed by atoms with van der Waals surface area (Å²) in [4.78, 5) is 25.4. The van der Waals surface area contributed by atoms with Crippen LogP contribution in [-0.4, -0.2) is 25.0 Å². The molecule has 116 valence electrons. The Morgan fingerprint density at radius 1 is 1.17 bits per heavy atom. The zero-order valence-electron chi connectivity index (χ0n) is 12.2. The average molecular weight is 372 g/mol. The number of amides is 1. The second-order valence-electron chi connectivity index (χ2n) is 5.07. The number of hydrogen-bond donors (Lipinski definition) is 0. The number of ether oxygens (including phenoxy) is 1. The number of anilines is 1. The molecule has 4 nitrogen and oxygen atoms in total. The third kappa shape index (κ3) is 3.68. The quantitative estimate of drug-likeness (QED) is 0.594. The molecule has 1 fully saturated rings. The molecule has 0 aromatic heterocycles. The predicted octanol–water partition coefficient (Wildman–Crippen LogP) is 4.30. The summed E-state index contributed by atoms with van der Waals surface area (Å²) < 4.78 is 5.88. The van der Waals surface area contributed by atoms with Crippen LogP contribution in [0.1, 0.15) is 15.9 Å². The van der Waals surface area contributed by atoms with Crippen molar-refractivity contribution in [3.05, 3.63) is 70.2 Å². The van der Waals surface area contributed by atoms with Gasteiger partial charge in [0.2, 0.25) is 0 Å². The summed E-state index contributed by atoms with van der Waals surface area (Å²) in [5.41, 5.74) is 2.15. The normalized spacial score (nSPS) is 14.3. The SMILES string of the molecule is O=C(C=Cc1cccc(Br)c1)c1cccc(N2CCOC2=O)c1. The first-order valence-electron chi connectivity index (χ1n) is 7.16. The highest BCUT2D eigenvalue weighted by molar-refractivity contribution is 9.10. The lowest BCUT2D eigenvalue weighted by atomic mass is 10.1. The molecule has 1 heterocycles. The molecule has 0 aliphatic carbocycles. The summed E-state index contributed by atoms with van der Waals surface area (Å²) in [5, 5.41) is 0. The van der Waals surface area contributed by atoms with E-state index in [4.69, 9.17) is 4.74 Å². The first kappa shape index (κ1) is 15.5. The molecule has 2 aromatic carbocycles. The Hall–Kier alpha value is -2.40. The van der Waals surface area contributed by atoms with Gasteiger partial charge in [-0.05, 0) is 35.9 Å². The van der Waals surface area contributed by atoms with Gasteiger partial charge < -0.3 is 4.74 Å². The van der Waals surface area contributed by atoms with E-state index in [0.717, 1.165) is 10.0 Å². The Bertz CT molecular complexity index is 785. The number of ketones is 1. The molecule has 23 heavy (non-hydrogen) atoms. The number of halogens is 1. The average Bonchev–Trinajstić information content (AvgIpc) is 2.99. The lowest BCUT2D eigenvalue weighted by Crippen LogP contribution is -2.23. The van der Waals surface area contributed by atoms with Crippen LogP contribution in [0.15, 0.2) is 59.1 Å². The van der Waals surface area contributed by atoms with E-state index in [0.29, 0.717) is 24.4 Å². The Kier molecular flexibility index (Phi) is 4.57. The molecule has 0 unspecified atom stereocenters. The fourth-order valence-electron chi connectivity index (χ4n) is 2.33. The summed E-state index contributed by atoms with van der Waals surface area (Å²) in [5.74, 6) is -0.112. The zero-order chi connectivity index (χ0) is 16.2. The van der Waals surface area contributed by atoms with Gasteiger partial charge >= 0.3 is 6.09 Å². The van der Waals surface area contributed by atoms with Crippen LogP contribution in [0.2, 0.25) is 0 Å². The van der Waals surface area contributed by atoms with E-state index in [9.17, 15) is 9.59 Å². The molecular formula is C18H14BrNO3. The number of carbonyl (C=O) groups is 2. The minimum absolute atomic E-state index is 0.112. The summed E-state index contributed by atoms with van der Waals surface area (Å²) in [6.45, 7) is 0.879. The highest BCUT2D eigenvalue weighted by Gasteiger charge is 2.23. The molecule has 3 rings (SSSR count). The van der Waals surface area contributed by atoms with Gasteiger partial charge in [0.05, 0.1) is 6.54 Å². The van der Waals surface area contributed by atoms with Crippen LogP contribution >= 0.6 is 15.9 Å². The van der Waals surface area contributed by atoms with Crippen molar-refractivity contribution in [3.8, 4) is 0 Å². The molecule has 1 amide bonds. The van der Waals surface area contributed by atoms with Gasteiger partial charge in [-0.25, -0.2) is 4.79 Å². The third-order valence-electron chi connectivity index (χ3n) is 3.48. The maximum Gasteiger partial charge on any atom is 0.414 e. The molecule has 0 N–H and O–H groups in total. The Morgan fingerprint density at radius 3 is 2.74 bits per heavy atom. The van der Waals surface area contributed by atoms with Gasteiger partial charge in [0.25, 0.3) is 0 Å². The molecule has 0 radical (unpaired) electrons. The number of allylic oxidation sites excluding steroid dienone is 1. The van der Waals surface area contributed by atoms with E-state index in [1.54, 1.807) is 30.3 Å². The standard InChI is InChI=1S/C18H14BrNO3/c19-15-5-1-3-13(11-15)7-8-17(21)14-4-2-6-16(12-14)20-9-10-23-18(20)22/h1-8,11-12H,9-10H2. The summed E-state index contributed by atoms with van der Waals surface area (Å²) in [6.07, 6.45) is 2.92. The van der Waals surface area contributed by atoms with Crippen molar-refractivity contribution in [2.45, 2.75) is 0 Å². The van der Waals surface area contributed by atoms with Crippen molar-refractivity contribution in [2.24, 2.45) is 0 Å². The molecule has 0 spiro atoms. The fraction of sp³-hybridized carbons (Fsp3) is 0.111. The van der Waals surface area contributed by atoms with Crippen LogP contribution in [0.3, 0.4) is 0 Å². The van der Waals surface area contributed by atoms with Crippen molar-refractivity contribution in [1.82, 2.24) is 0 Å². The zero-order valence-corrected chi connectivity index (χ0v) is 13.8. The Labute approximate surface area is 142 Å².